The molecule has 20 heavy (non-hydrogen) atoms. The van der Waals surface area contributed by atoms with Crippen LogP contribution in [0, 0.1) is 12.7 Å². The van der Waals surface area contributed by atoms with E-state index in [1.54, 1.807) is 13.0 Å². The van der Waals surface area contributed by atoms with E-state index >= 15 is 0 Å². The zero-order valence-electron chi connectivity index (χ0n) is 13.2. The van der Waals surface area contributed by atoms with Crippen LogP contribution in [0.4, 0.5) is 4.39 Å². The van der Waals surface area contributed by atoms with E-state index in [1.807, 2.05) is 12.1 Å². The molecule has 1 atom stereocenters. The zero-order chi connectivity index (χ0) is 15.1. The highest BCUT2D eigenvalue weighted by Gasteiger charge is 2.18. The standard InChI is InChI=1S/C16H28FN3/c1-5-20(10-6-9-19(3)4)16(12-18)14-8-7-13(2)15(17)11-14/h7-8,11,16H,5-6,9-10,12,18H2,1-4H3. The van der Waals surface area contributed by atoms with Gasteiger partial charge in [0, 0.05) is 19.1 Å². The fourth-order valence-electron chi connectivity index (χ4n) is 2.44. The molecule has 1 aromatic carbocycles. The van der Waals surface area contributed by atoms with Crippen LogP contribution in [-0.2, 0) is 0 Å². The van der Waals surface area contributed by atoms with Crippen molar-refractivity contribution >= 4 is 0 Å². The van der Waals surface area contributed by atoms with Gasteiger partial charge >= 0.3 is 0 Å². The third-order valence-corrected chi connectivity index (χ3v) is 3.70. The van der Waals surface area contributed by atoms with E-state index in [0.29, 0.717) is 12.1 Å². The Bertz CT molecular complexity index is 407. The van der Waals surface area contributed by atoms with Crippen molar-refractivity contribution in [2.24, 2.45) is 5.73 Å². The molecule has 0 saturated carbocycles. The van der Waals surface area contributed by atoms with Gasteiger partial charge in [0.25, 0.3) is 0 Å². The number of rotatable bonds is 8. The van der Waals surface area contributed by atoms with Crippen molar-refractivity contribution in [3.05, 3.63) is 35.1 Å². The SMILES string of the molecule is CCN(CCCN(C)C)C(CN)c1ccc(C)c(F)c1. The largest absolute Gasteiger partial charge is 0.329 e. The van der Waals surface area contributed by atoms with Gasteiger partial charge in [0.2, 0.25) is 0 Å². The van der Waals surface area contributed by atoms with Crippen LogP contribution in [0.5, 0.6) is 0 Å². The van der Waals surface area contributed by atoms with Crippen LogP contribution in [-0.4, -0.2) is 50.1 Å². The second-order valence-electron chi connectivity index (χ2n) is 5.55. The quantitative estimate of drug-likeness (QED) is 0.794. The summed E-state index contributed by atoms with van der Waals surface area (Å²) in [6, 6.07) is 5.55. The number of likely N-dealkylation sites (N-methyl/N-ethyl adjacent to an activating group) is 1. The highest BCUT2D eigenvalue weighted by Crippen LogP contribution is 2.22. The summed E-state index contributed by atoms with van der Waals surface area (Å²) in [6.45, 7) is 7.37. The minimum atomic E-state index is -0.148. The van der Waals surface area contributed by atoms with E-state index in [-0.39, 0.29) is 11.9 Å². The summed E-state index contributed by atoms with van der Waals surface area (Å²) in [5.41, 5.74) is 7.58. The molecule has 0 fully saturated rings. The molecule has 0 aliphatic carbocycles. The first kappa shape index (κ1) is 17.1. The lowest BCUT2D eigenvalue weighted by atomic mass is 10.0. The van der Waals surface area contributed by atoms with Crippen molar-refractivity contribution in [3.63, 3.8) is 0 Å². The van der Waals surface area contributed by atoms with Gasteiger partial charge < -0.3 is 10.6 Å². The molecule has 0 radical (unpaired) electrons. The van der Waals surface area contributed by atoms with Gasteiger partial charge in [-0.05, 0) is 57.7 Å². The van der Waals surface area contributed by atoms with Gasteiger partial charge in [-0.25, -0.2) is 4.39 Å². The maximum Gasteiger partial charge on any atom is 0.126 e. The normalized spacial score (nSPS) is 13.2. The van der Waals surface area contributed by atoms with Crippen LogP contribution in [0.2, 0.25) is 0 Å². The van der Waals surface area contributed by atoms with Crippen LogP contribution < -0.4 is 5.73 Å². The van der Waals surface area contributed by atoms with E-state index in [9.17, 15) is 4.39 Å². The van der Waals surface area contributed by atoms with Crippen molar-refractivity contribution in [1.29, 1.82) is 0 Å². The number of aryl methyl sites for hydroxylation is 1. The molecule has 1 unspecified atom stereocenters. The predicted molar refractivity (Wildman–Crippen MR) is 83.4 cm³/mol. The Hall–Kier alpha value is -0.970. The van der Waals surface area contributed by atoms with E-state index < -0.39 is 0 Å². The van der Waals surface area contributed by atoms with Crippen molar-refractivity contribution in [3.8, 4) is 0 Å². The molecular formula is C16H28FN3. The fraction of sp³-hybridized carbons (Fsp3) is 0.625. The van der Waals surface area contributed by atoms with Crippen LogP contribution in [0.25, 0.3) is 0 Å². The summed E-state index contributed by atoms with van der Waals surface area (Å²) in [7, 11) is 4.15. The second-order valence-corrected chi connectivity index (χ2v) is 5.55. The third kappa shape index (κ3) is 4.85. The Labute approximate surface area is 122 Å². The first-order chi connectivity index (χ1) is 9.49. The summed E-state index contributed by atoms with van der Waals surface area (Å²) in [4.78, 5) is 4.50. The average molecular weight is 281 g/mol. The highest BCUT2D eigenvalue weighted by molar-refractivity contribution is 5.26. The lowest BCUT2D eigenvalue weighted by Gasteiger charge is -2.30. The Kier molecular flexibility index (Phi) is 7.13. The van der Waals surface area contributed by atoms with E-state index in [4.69, 9.17) is 5.73 Å². The highest BCUT2D eigenvalue weighted by atomic mass is 19.1. The maximum atomic E-state index is 13.7. The van der Waals surface area contributed by atoms with Crippen molar-refractivity contribution < 1.29 is 4.39 Å². The number of benzene rings is 1. The Morgan fingerprint density at radius 2 is 1.95 bits per heavy atom. The number of hydrogen-bond acceptors (Lipinski definition) is 3. The van der Waals surface area contributed by atoms with Gasteiger partial charge in [-0.1, -0.05) is 19.1 Å². The average Bonchev–Trinajstić information content (AvgIpc) is 2.41. The lowest BCUT2D eigenvalue weighted by Crippen LogP contribution is -2.35. The zero-order valence-corrected chi connectivity index (χ0v) is 13.2. The molecule has 0 spiro atoms. The van der Waals surface area contributed by atoms with Crippen molar-refractivity contribution in [2.45, 2.75) is 26.3 Å². The van der Waals surface area contributed by atoms with Gasteiger partial charge in [0.1, 0.15) is 5.82 Å². The number of halogens is 1. The predicted octanol–water partition coefficient (Wildman–Crippen LogP) is 2.41. The summed E-state index contributed by atoms with van der Waals surface area (Å²) < 4.78 is 13.7. The molecule has 0 aliphatic heterocycles. The first-order valence-electron chi connectivity index (χ1n) is 7.34. The van der Waals surface area contributed by atoms with Gasteiger partial charge in [-0.15, -0.1) is 0 Å². The van der Waals surface area contributed by atoms with Crippen LogP contribution in [0.1, 0.15) is 30.5 Å². The third-order valence-electron chi connectivity index (χ3n) is 3.70. The molecule has 0 bridgehead atoms. The second kappa shape index (κ2) is 8.35. The molecule has 1 rings (SSSR count). The molecule has 0 heterocycles. The monoisotopic (exact) mass is 281 g/mol. The van der Waals surface area contributed by atoms with Crippen LogP contribution >= 0.6 is 0 Å². The molecule has 1 aromatic rings. The van der Waals surface area contributed by atoms with Gasteiger partial charge in [0.05, 0.1) is 0 Å². The van der Waals surface area contributed by atoms with Crippen LogP contribution in [0.3, 0.4) is 0 Å². The minimum Gasteiger partial charge on any atom is -0.329 e. The molecule has 4 heteroatoms. The van der Waals surface area contributed by atoms with E-state index in [0.717, 1.165) is 31.6 Å². The van der Waals surface area contributed by atoms with E-state index in [2.05, 4.69) is 30.8 Å². The van der Waals surface area contributed by atoms with Gasteiger partial charge in [0.15, 0.2) is 0 Å². The summed E-state index contributed by atoms with van der Waals surface area (Å²) in [5.74, 6) is -0.148. The molecule has 0 amide bonds. The molecular weight excluding hydrogens is 253 g/mol. The number of nitrogens with zero attached hydrogens (tertiary/aromatic N) is 2. The summed E-state index contributed by atoms with van der Waals surface area (Å²) >= 11 is 0. The Morgan fingerprint density at radius 3 is 2.45 bits per heavy atom. The van der Waals surface area contributed by atoms with Crippen LogP contribution in [0.15, 0.2) is 18.2 Å². The molecule has 114 valence electrons. The fourth-order valence-corrected chi connectivity index (χ4v) is 2.44. The maximum absolute atomic E-state index is 13.7. The Morgan fingerprint density at radius 1 is 1.25 bits per heavy atom. The van der Waals surface area contributed by atoms with Gasteiger partial charge in [-0.2, -0.15) is 0 Å². The van der Waals surface area contributed by atoms with Gasteiger partial charge in [-0.3, -0.25) is 4.90 Å². The molecule has 0 saturated heterocycles. The lowest BCUT2D eigenvalue weighted by molar-refractivity contribution is 0.201. The molecule has 3 nitrogen and oxygen atoms in total. The Balaban J connectivity index is 2.77. The summed E-state index contributed by atoms with van der Waals surface area (Å²) in [5, 5.41) is 0. The number of nitrogens with two attached hydrogens (primary N) is 1. The minimum absolute atomic E-state index is 0.0947. The smallest absolute Gasteiger partial charge is 0.126 e. The number of hydrogen-bond donors (Lipinski definition) is 1. The summed E-state index contributed by atoms with van der Waals surface area (Å²) in [6.07, 6.45) is 1.09. The van der Waals surface area contributed by atoms with E-state index in [1.165, 1.54) is 0 Å². The molecule has 2 N–H and O–H groups in total. The van der Waals surface area contributed by atoms with Crippen molar-refractivity contribution in [1.82, 2.24) is 9.80 Å². The first-order valence-corrected chi connectivity index (χ1v) is 7.34. The topological polar surface area (TPSA) is 32.5 Å². The molecule has 0 aliphatic rings. The molecule has 0 aromatic heterocycles. The van der Waals surface area contributed by atoms with Crippen molar-refractivity contribution in [2.75, 3.05) is 40.3 Å².